The van der Waals surface area contributed by atoms with Crippen LogP contribution in [0.25, 0.3) is 0 Å². The normalized spacial score (nSPS) is 10.2. The minimum atomic E-state index is -0.110. The van der Waals surface area contributed by atoms with E-state index in [9.17, 15) is 4.79 Å². The zero-order valence-electron chi connectivity index (χ0n) is 12.2. The van der Waals surface area contributed by atoms with Crippen LogP contribution in [0.1, 0.15) is 11.4 Å². The van der Waals surface area contributed by atoms with E-state index in [-0.39, 0.29) is 12.5 Å². The average Bonchev–Trinajstić information content (AvgIpc) is 2.45. The van der Waals surface area contributed by atoms with Crippen molar-refractivity contribution in [1.29, 1.82) is 0 Å². The van der Waals surface area contributed by atoms with Crippen LogP contribution in [-0.2, 0) is 11.3 Å². The summed E-state index contributed by atoms with van der Waals surface area (Å²) < 4.78 is 5.44. The maximum atomic E-state index is 12.0. The van der Waals surface area contributed by atoms with Crippen molar-refractivity contribution in [2.75, 3.05) is 19.4 Å². The van der Waals surface area contributed by atoms with Gasteiger partial charge in [-0.05, 0) is 31.2 Å². The third-order valence-corrected chi connectivity index (χ3v) is 2.99. The maximum Gasteiger partial charge on any atom is 0.260 e. The molecule has 2 N–H and O–H groups in total. The van der Waals surface area contributed by atoms with Gasteiger partial charge in [-0.3, -0.25) is 9.78 Å². The van der Waals surface area contributed by atoms with E-state index in [1.165, 1.54) is 0 Å². The van der Waals surface area contributed by atoms with Crippen molar-refractivity contribution in [2.45, 2.75) is 13.5 Å². The van der Waals surface area contributed by atoms with Crippen molar-refractivity contribution >= 4 is 11.6 Å². The van der Waals surface area contributed by atoms with Gasteiger partial charge in [0.05, 0.1) is 12.2 Å². The van der Waals surface area contributed by atoms with Gasteiger partial charge in [0, 0.05) is 24.5 Å². The first-order chi connectivity index (χ1) is 10.0. The molecule has 5 nitrogen and oxygen atoms in total. The number of benzene rings is 1. The van der Waals surface area contributed by atoms with E-state index in [1.54, 1.807) is 36.2 Å². The first kappa shape index (κ1) is 14.8. The topological polar surface area (TPSA) is 68.5 Å². The summed E-state index contributed by atoms with van der Waals surface area (Å²) in [7, 11) is 1.73. The number of nitrogens with two attached hydrogens (primary N) is 1. The van der Waals surface area contributed by atoms with Crippen LogP contribution in [-0.4, -0.2) is 29.4 Å². The Morgan fingerprint density at radius 2 is 2.05 bits per heavy atom. The van der Waals surface area contributed by atoms with Crippen LogP contribution < -0.4 is 10.5 Å². The number of nitrogen functional groups attached to an aromatic ring is 1. The predicted molar refractivity (Wildman–Crippen MR) is 81.8 cm³/mol. The van der Waals surface area contributed by atoms with E-state index in [2.05, 4.69) is 4.98 Å². The van der Waals surface area contributed by atoms with Crippen LogP contribution >= 0.6 is 0 Å². The molecular weight excluding hydrogens is 266 g/mol. The summed E-state index contributed by atoms with van der Waals surface area (Å²) in [4.78, 5) is 18.0. The lowest BCUT2D eigenvalue weighted by molar-refractivity contribution is -0.132. The zero-order valence-corrected chi connectivity index (χ0v) is 12.2. The zero-order chi connectivity index (χ0) is 15.2. The monoisotopic (exact) mass is 285 g/mol. The Hall–Kier alpha value is -2.56. The van der Waals surface area contributed by atoms with Gasteiger partial charge >= 0.3 is 0 Å². The number of pyridine rings is 1. The van der Waals surface area contributed by atoms with Gasteiger partial charge in [0.25, 0.3) is 5.91 Å². The minimum Gasteiger partial charge on any atom is -0.484 e. The molecule has 0 aliphatic carbocycles. The highest BCUT2D eigenvalue weighted by Gasteiger charge is 2.11. The van der Waals surface area contributed by atoms with E-state index in [0.29, 0.717) is 18.0 Å². The molecular formula is C16H19N3O2. The molecule has 110 valence electrons. The molecule has 0 atom stereocenters. The number of carbonyl (C=O) groups excluding carboxylic acids is 1. The number of aromatic nitrogens is 1. The molecule has 0 aliphatic heterocycles. The summed E-state index contributed by atoms with van der Waals surface area (Å²) in [5, 5.41) is 0. The first-order valence-corrected chi connectivity index (χ1v) is 6.69. The lowest BCUT2D eigenvalue weighted by atomic mass is 10.3. The molecule has 0 fully saturated rings. The number of hydrogen-bond acceptors (Lipinski definition) is 4. The fourth-order valence-corrected chi connectivity index (χ4v) is 1.88. The number of hydrogen-bond donors (Lipinski definition) is 1. The van der Waals surface area contributed by atoms with Crippen LogP contribution in [0.4, 0.5) is 5.69 Å². The molecule has 2 aromatic rings. The van der Waals surface area contributed by atoms with Crippen molar-refractivity contribution < 1.29 is 9.53 Å². The lowest BCUT2D eigenvalue weighted by Gasteiger charge is -2.17. The molecule has 5 heteroatoms. The van der Waals surface area contributed by atoms with Gasteiger partial charge < -0.3 is 15.4 Å². The number of ether oxygens (including phenoxy) is 1. The van der Waals surface area contributed by atoms with E-state index in [0.717, 1.165) is 11.4 Å². The standard InChI is InChI=1S/C16H19N3O2/c1-12-5-3-7-14(18-12)10-19(2)16(20)11-21-15-8-4-6-13(17)9-15/h3-9H,10-11,17H2,1-2H3. The molecule has 1 amide bonds. The smallest absolute Gasteiger partial charge is 0.260 e. The Bertz CT molecular complexity index is 628. The molecule has 2 rings (SSSR count). The van der Waals surface area contributed by atoms with E-state index >= 15 is 0 Å². The first-order valence-electron chi connectivity index (χ1n) is 6.69. The van der Waals surface area contributed by atoms with Crippen LogP contribution in [0.2, 0.25) is 0 Å². The van der Waals surface area contributed by atoms with Crippen molar-refractivity contribution in [2.24, 2.45) is 0 Å². The molecule has 0 aliphatic rings. The Morgan fingerprint density at radius 1 is 1.29 bits per heavy atom. The number of amides is 1. The number of rotatable bonds is 5. The fourth-order valence-electron chi connectivity index (χ4n) is 1.88. The minimum absolute atomic E-state index is 0.0221. The van der Waals surface area contributed by atoms with Gasteiger partial charge in [0.15, 0.2) is 6.61 Å². The third-order valence-electron chi connectivity index (χ3n) is 2.99. The Kier molecular flexibility index (Phi) is 4.77. The second kappa shape index (κ2) is 6.74. The molecule has 21 heavy (non-hydrogen) atoms. The molecule has 0 bridgehead atoms. The van der Waals surface area contributed by atoms with Crippen LogP contribution in [0.15, 0.2) is 42.5 Å². The highest BCUT2D eigenvalue weighted by atomic mass is 16.5. The summed E-state index contributed by atoms with van der Waals surface area (Å²) in [6, 6.07) is 12.8. The maximum absolute atomic E-state index is 12.0. The summed E-state index contributed by atoms with van der Waals surface area (Å²) in [5.74, 6) is 0.478. The van der Waals surface area contributed by atoms with E-state index in [1.807, 2.05) is 25.1 Å². The quantitative estimate of drug-likeness (QED) is 0.853. The van der Waals surface area contributed by atoms with Gasteiger partial charge in [0.1, 0.15) is 5.75 Å². The Morgan fingerprint density at radius 3 is 2.76 bits per heavy atom. The molecule has 0 radical (unpaired) electrons. The molecule has 1 aromatic carbocycles. The van der Waals surface area contributed by atoms with Crippen LogP contribution in [0.3, 0.4) is 0 Å². The van der Waals surface area contributed by atoms with Crippen molar-refractivity contribution in [3.63, 3.8) is 0 Å². The van der Waals surface area contributed by atoms with Crippen LogP contribution in [0, 0.1) is 6.92 Å². The van der Waals surface area contributed by atoms with Crippen LogP contribution in [0.5, 0.6) is 5.75 Å². The Balaban J connectivity index is 1.88. The fraction of sp³-hybridized carbons (Fsp3) is 0.250. The van der Waals surface area contributed by atoms with Gasteiger partial charge in [-0.25, -0.2) is 0 Å². The number of aryl methyl sites for hydroxylation is 1. The average molecular weight is 285 g/mol. The van der Waals surface area contributed by atoms with Crippen molar-refractivity contribution in [1.82, 2.24) is 9.88 Å². The largest absolute Gasteiger partial charge is 0.484 e. The molecule has 1 heterocycles. The highest BCUT2D eigenvalue weighted by Crippen LogP contribution is 2.14. The van der Waals surface area contributed by atoms with Gasteiger partial charge in [-0.1, -0.05) is 12.1 Å². The molecule has 0 unspecified atom stereocenters. The summed E-state index contributed by atoms with van der Waals surface area (Å²) in [6.45, 7) is 2.36. The Labute approximate surface area is 124 Å². The van der Waals surface area contributed by atoms with E-state index in [4.69, 9.17) is 10.5 Å². The SMILES string of the molecule is Cc1cccc(CN(C)C(=O)COc2cccc(N)c2)n1. The summed E-state index contributed by atoms with van der Waals surface area (Å²) in [6.07, 6.45) is 0. The predicted octanol–water partition coefficient (Wildman–Crippen LogP) is 2.01. The third kappa shape index (κ3) is 4.49. The molecule has 0 spiro atoms. The number of carbonyl (C=O) groups is 1. The van der Waals surface area contributed by atoms with Gasteiger partial charge in [-0.15, -0.1) is 0 Å². The van der Waals surface area contributed by atoms with Gasteiger partial charge in [-0.2, -0.15) is 0 Å². The number of likely N-dealkylation sites (N-methyl/N-ethyl adjacent to an activating group) is 1. The highest BCUT2D eigenvalue weighted by molar-refractivity contribution is 5.77. The molecule has 0 saturated heterocycles. The number of anilines is 1. The summed E-state index contributed by atoms with van der Waals surface area (Å²) >= 11 is 0. The van der Waals surface area contributed by atoms with Gasteiger partial charge in [0.2, 0.25) is 0 Å². The van der Waals surface area contributed by atoms with Crippen molar-refractivity contribution in [3.8, 4) is 5.75 Å². The second-order valence-corrected chi connectivity index (χ2v) is 4.88. The second-order valence-electron chi connectivity index (χ2n) is 4.88. The van der Waals surface area contributed by atoms with E-state index < -0.39 is 0 Å². The molecule has 1 aromatic heterocycles. The molecule has 0 saturated carbocycles. The van der Waals surface area contributed by atoms with Crippen molar-refractivity contribution in [3.05, 3.63) is 53.9 Å². The lowest BCUT2D eigenvalue weighted by Crippen LogP contribution is -2.31. The number of nitrogens with zero attached hydrogens (tertiary/aromatic N) is 2. The summed E-state index contributed by atoms with van der Waals surface area (Å²) in [5.41, 5.74) is 8.06.